The summed E-state index contributed by atoms with van der Waals surface area (Å²) >= 11 is 0. The molecule has 1 amide bonds. The fourth-order valence-electron chi connectivity index (χ4n) is 4.79. The predicted octanol–water partition coefficient (Wildman–Crippen LogP) is 4.95. The molecule has 3 heterocycles. The van der Waals surface area contributed by atoms with Gasteiger partial charge in [-0.3, -0.25) is 4.79 Å². The zero-order chi connectivity index (χ0) is 26.3. The van der Waals surface area contributed by atoms with E-state index < -0.39 is 0 Å². The van der Waals surface area contributed by atoms with Gasteiger partial charge in [-0.2, -0.15) is 15.0 Å². The van der Waals surface area contributed by atoms with Crippen molar-refractivity contribution in [1.82, 2.24) is 15.0 Å². The van der Waals surface area contributed by atoms with Crippen LogP contribution in [0.4, 0.5) is 29.2 Å². The van der Waals surface area contributed by atoms with E-state index in [1.807, 2.05) is 6.92 Å². The van der Waals surface area contributed by atoms with E-state index in [0.717, 1.165) is 51.9 Å². The molecular formula is C28H35N7O3. The van der Waals surface area contributed by atoms with E-state index in [2.05, 4.69) is 20.4 Å². The number of benzene rings is 2. The third-order valence-corrected chi connectivity index (χ3v) is 6.82. The van der Waals surface area contributed by atoms with E-state index in [4.69, 9.17) is 19.7 Å². The van der Waals surface area contributed by atoms with Crippen molar-refractivity contribution in [2.24, 2.45) is 0 Å². The molecule has 0 atom stereocenters. The van der Waals surface area contributed by atoms with Gasteiger partial charge in [0.25, 0.3) is 5.91 Å². The summed E-state index contributed by atoms with van der Waals surface area (Å²) in [4.78, 5) is 31.4. The molecule has 10 nitrogen and oxygen atoms in total. The van der Waals surface area contributed by atoms with Crippen LogP contribution in [0.1, 0.15) is 55.8 Å². The first kappa shape index (κ1) is 25.6. The number of nitrogens with zero attached hydrogens (tertiary/aromatic N) is 5. The van der Waals surface area contributed by atoms with Crippen molar-refractivity contribution in [3.63, 3.8) is 0 Å². The Morgan fingerprint density at radius 2 is 1.47 bits per heavy atom. The molecule has 2 fully saturated rings. The number of hydrogen-bond acceptors (Lipinski definition) is 9. The van der Waals surface area contributed by atoms with Gasteiger partial charge in [0.1, 0.15) is 11.5 Å². The normalized spacial score (nSPS) is 15.7. The SMILES string of the molecule is CCOc1ccc(C(=O)Nc2ccc(Nc3nc(N4CCCCC4)nc(N4CCCCC4)n3)cc2O)cc1. The summed E-state index contributed by atoms with van der Waals surface area (Å²) in [5.74, 6) is 2.13. The average Bonchev–Trinajstić information content (AvgIpc) is 2.96. The van der Waals surface area contributed by atoms with Crippen LogP contribution in [0, 0.1) is 0 Å². The molecule has 0 bridgehead atoms. The highest BCUT2D eigenvalue weighted by Crippen LogP contribution is 2.30. The second-order valence-electron chi connectivity index (χ2n) is 9.62. The molecule has 2 aliphatic heterocycles. The van der Waals surface area contributed by atoms with Gasteiger partial charge in [-0.15, -0.1) is 0 Å². The molecule has 3 aromatic rings. The van der Waals surface area contributed by atoms with Crippen molar-refractivity contribution < 1.29 is 14.6 Å². The number of phenolic OH excluding ortho intramolecular Hbond substituents is 1. The van der Waals surface area contributed by atoms with Gasteiger partial charge < -0.3 is 30.3 Å². The molecule has 5 rings (SSSR count). The van der Waals surface area contributed by atoms with E-state index in [0.29, 0.717) is 47.1 Å². The molecule has 38 heavy (non-hydrogen) atoms. The number of ether oxygens (including phenoxy) is 1. The van der Waals surface area contributed by atoms with Crippen LogP contribution < -0.4 is 25.2 Å². The fraction of sp³-hybridized carbons (Fsp3) is 0.429. The summed E-state index contributed by atoms with van der Waals surface area (Å²) < 4.78 is 5.43. The number of piperidine rings is 2. The van der Waals surface area contributed by atoms with Crippen molar-refractivity contribution in [3.8, 4) is 11.5 Å². The summed E-state index contributed by atoms with van der Waals surface area (Å²) in [5, 5.41) is 16.6. The quantitative estimate of drug-likeness (QED) is 0.357. The van der Waals surface area contributed by atoms with Crippen molar-refractivity contribution in [3.05, 3.63) is 48.0 Å². The number of rotatable bonds is 8. The van der Waals surface area contributed by atoms with Gasteiger partial charge in [0, 0.05) is 43.5 Å². The largest absolute Gasteiger partial charge is 0.506 e. The van der Waals surface area contributed by atoms with Crippen molar-refractivity contribution in [2.75, 3.05) is 53.2 Å². The van der Waals surface area contributed by atoms with Gasteiger partial charge in [0.15, 0.2) is 0 Å². The summed E-state index contributed by atoms with van der Waals surface area (Å²) in [6, 6.07) is 11.9. The van der Waals surface area contributed by atoms with Gasteiger partial charge >= 0.3 is 0 Å². The predicted molar refractivity (Wildman–Crippen MR) is 149 cm³/mol. The molecule has 0 radical (unpaired) electrons. The highest BCUT2D eigenvalue weighted by Gasteiger charge is 2.20. The van der Waals surface area contributed by atoms with Crippen LogP contribution in [0.5, 0.6) is 11.5 Å². The van der Waals surface area contributed by atoms with Crippen LogP contribution in [-0.2, 0) is 0 Å². The Morgan fingerprint density at radius 3 is 2.03 bits per heavy atom. The Bertz CT molecular complexity index is 1200. The highest BCUT2D eigenvalue weighted by atomic mass is 16.5. The Kier molecular flexibility index (Phi) is 8.06. The Hall–Kier alpha value is -4.08. The zero-order valence-corrected chi connectivity index (χ0v) is 21.8. The van der Waals surface area contributed by atoms with E-state index in [1.54, 1.807) is 42.5 Å². The lowest BCUT2D eigenvalue weighted by molar-refractivity contribution is 0.102. The van der Waals surface area contributed by atoms with Crippen molar-refractivity contribution in [2.45, 2.75) is 45.4 Å². The van der Waals surface area contributed by atoms with Crippen LogP contribution in [0.2, 0.25) is 0 Å². The van der Waals surface area contributed by atoms with E-state index in [-0.39, 0.29) is 11.7 Å². The minimum Gasteiger partial charge on any atom is -0.506 e. The molecule has 0 saturated carbocycles. The third-order valence-electron chi connectivity index (χ3n) is 6.82. The summed E-state index contributed by atoms with van der Waals surface area (Å²) in [6.07, 6.45) is 6.98. The standard InChI is InChI=1S/C28H35N7O3/c1-2-38-22-12-9-20(10-13-22)25(37)30-23-14-11-21(19-24(23)36)29-26-31-27(34-15-5-3-6-16-34)33-28(32-26)35-17-7-4-8-18-35/h9-14,19,36H,2-8,15-18H2,1H3,(H,30,37)(H,29,31,32,33). The smallest absolute Gasteiger partial charge is 0.255 e. The molecule has 2 saturated heterocycles. The monoisotopic (exact) mass is 517 g/mol. The molecule has 2 aliphatic rings. The maximum atomic E-state index is 12.7. The van der Waals surface area contributed by atoms with Crippen molar-refractivity contribution >= 4 is 35.1 Å². The average molecular weight is 518 g/mol. The number of hydrogen-bond donors (Lipinski definition) is 3. The molecule has 2 aromatic carbocycles. The van der Waals surface area contributed by atoms with Gasteiger partial charge in [0.2, 0.25) is 17.8 Å². The first-order valence-electron chi connectivity index (χ1n) is 13.5. The lowest BCUT2D eigenvalue weighted by atomic mass is 10.1. The number of carbonyl (C=O) groups is 1. The summed E-state index contributed by atoms with van der Waals surface area (Å²) in [6.45, 7) is 6.21. The summed E-state index contributed by atoms with van der Waals surface area (Å²) in [5.41, 5.74) is 1.39. The minimum absolute atomic E-state index is 0.0594. The lowest BCUT2D eigenvalue weighted by Gasteiger charge is -2.30. The second kappa shape index (κ2) is 12.0. The van der Waals surface area contributed by atoms with Gasteiger partial charge in [0.05, 0.1) is 12.3 Å². The number of aromatic hydroxyl groups is 1. The molecule has 200 valence electrons. The van der Waals surface area contributed by atoms with Crippen LogP contribution in [0.3, 0.4) is 0 Å². The highest BCUT2D eigenvalue weighted by molar-refractivity contribution is 6.05. The van der Waals surface area contributed by atoms with Gasteiger partial charge in [-0.25, -0.2) is 0 Å². The summed E-state index contributed by atoms with van der Waals surface area (Å²) in [7, 11) is 0. The maximum Gasteiger partial charge on any atom is 0.255 e. The van der Waals surface area contributed by atoms with E-state index in [1.165, 1.54) is 12.8 Å². The maximum absolute atomic E-state index is 12.7. The zero-order valence-electron chi connectivity index (χ0n) is 21.8. The number of amides is 1. The molecular weight excluding hydrogens is 482 g/mol. The van der Waals surface area contributed by atoms with Crippen molar-refractivity contribution in [1.29, 1.82) is 0 Å². The third kappa shape index (κ3) is 6.24. The van der Waals surface area contributed by atoms with E-state index in [9.17, 15) is 9.90 Å². The number of anilines is 5. The second-order valence-corrected chi connectivity index (χ2v) is 9.62. The van der Waals surface area contributed by atoms with Gasteiger partial charge in [-0.05, 0) is 81.8 Å². The number of nitrogens with one attached hydrogen (secondary N) is 2. The lowest BCUT2D eigenvalue weighted by Crippen LogP contribution is -2.34. The molecule has 0 aliphatic carbocycles. The minimum atomic E-state index is -0.320. The first-order chi connectivity index (χ1) is 18.6. The molecule has 0 unspecified atom stereocenters. The van der Waals surface area contributed by atoms with Gasteiger partial charge in [-0.1, -0.05) is 0 Å². The van der Waals surface area contributed by atoms with Crippen LogP contribution in [0.15, 0.2) is 42.5 Å². The molecule has 1 aromatic heterocycles. The Labute approximate surface area is 223 Å². The van der Waals surface area contributed by atoms with E-state index >= 15 is 0 Å². The fourth-order valence-corrected chi connectivity index (χ4v) is 4.79. The van der Waals surface area contributed by atoms with Crippen LogP contribution in [-0.4, -0.2) is 58.8 Å². The topological polar surface area (TPSA) is 116 Å². The number of phenols is 1. The van der Waals surface area contributed by atoms with Crippen LogP contribution >= 0.6 is 0 Å². The van der Waals surface area contributed by atoms with Crippen LogP contribution in [0.25, 0.3) is 0 Å². The molecule has 10 heteroatoms. The molecule has 3 N–H and O–H groups in total. The number of aromatic nitrogens is 3. The number of carbonyl (C=O) groups excluding carboxylic acids is 1. The Morgan fingerprint density at radius 1 is 0.868 bits per heavy atom. The molecule has 0 spiro atoms. The Balaban J connectivity index is 1.32. The first-order valence-corrected chi connectivity index (χ1v) is 13.5.